The molecule has 0 amide bonds. The zero-order valence-electron chi connectivity index (χ0n) is 7.40. The van der Waals surface area contributed by atoms with Crippen molar-refractivity contribution in [3.63, 3.8) is 0 Å². The summed E-state index contributed by atoms with van der Waals surface area (Å²) in [7, 11) is 0. The lowest BCUT2D eigenvalue weighted by Gasteiger charge is -2.02. The van der Waals surface area contributed by atoms with Crippen LogP contribution < -0.4 is 0 Å². The minimum absolute atomic E-state index is 0.0104. The Kier molecular flexibility index (Phi) is 2.87. The lowest BCUT2D eigenvalue weighted by molar-refractivity contribution is 0.282. The molecule has 2 rings (SSSR count). The highest BCUT2D eigenvalue weighted by atomic mass is 35.5. The van der Waals surface area contributed by atoms with E-state index in [0.29, 0.717) is 5.02 Å². The molecule has 1 nitrogen and oxygen atoms in total. The van der Waals surface area contributed by atoms with E-state index in [2.05, 4.69) is 6.07 Å². The SMILES string of the molecule is OCc1ccc(-c2cccs2)cc1Cl. The van der Waals surface area contributed by atoms with Crippen LogP contribution in [0.25, 0.3) is 10.4 Å². The van der Waals surface area contributed by atoms with Gasteiger partial charge in [0.2, 0.25) is 0 Å². The van der Waals surface area contributed by atoms with Crippen molar-refractivity contribution in [2.24, 2.45) is 0 Å². The third-order valence-corrected chi connectivity index (χ3v) is 3.30. The number of aliphatic hydroxyl groups is 1. The Bertz CT molecular complexity index is 423. The van der Waals surface area contributed by atoms with Crippen LogP contribution in [-0.2, 0) is 6.61 Å². The van der Waals surface area contributed by atoms with Gasteiger partial charge < -0.3 is 5.11 Å². The Morgan fingerprint density at radius 1 is 1.29 bits per heavy atom. The number of thiophene rings is 1. The third-order valence-electron chi connectivity index (χ3n) is 2.03. The van der Waals surface area contributed by atoms with Crippen molar-refractivity contribution in [1.82, 2.24) is 0 Å². The number of hydrogen-bond acceptors (Lipinski definition) is 2. The van der Waals surface area contributed by atoms with Gasteiger partial charge in [0.05, 0.1) is 6.61 Å². The normalized spacial score (nSPS) is 10.4. The van der Waals surface area contributed by atoms with Gasteiger partial charge in [-0.05, 0) is 28.6 Å². The van der Waals surface area contributed by atoms with Crippen molar-refractivity contribution in [3.05, 3.63) is 46.3 Å². The van der Waals surface area contributed by atoms with Crippen LogP contribution in [0, 0.1) is 0 Å². The van der Waals surface area contributed by atoms with Crippen LogP contribution in [0.3, 0.4) is 0 Å². The van der Waals surface area contributed by atoms with E-state index in [1.807, 2.05) is 29.6 Å². The van der Waals surface area contributed by atoms with Gasteiger partial charge in [-0.1, -0.05) is 29.8 Å². The Balaban J connectivity index is 2.43. The summed E-state index contributed by atoms with van der Waals surface area (Å²) in [4.78, 5) is 1.19. The molecule has 1 N–H and O–H groups in total. The average molecular weight is 225 g/mol. The molecule has 0 atom stereocenters. The second-order valence-electron chi connectivity index (χ2n) is 2.94. The molecular formula is C11H9ClOS. The van der Waals surface area contributed by atoms with Crippen LogP contribution in [0.2, 0.25) is 5.02 Å². The lowest BCUT2D eigenvalue weighted by Crippen LogP contribution is -1.84. The molecule has 3 heteroatoms. The molecule has 1 aromatic carbocycles. The number of hydrogen-bond donors (Lipinski definition) is 1. The fourth-order valence-corrected chi connectivity index (χ4v) is 2.24. The predicted octanol–water partition coefficient (Wildman–Crippen LogP) is 3.56. The number of aliphatic hydroxyl groups excluding tert-OH is 1. The smallest absolute Gasteiger partial charge is 0.0696 e. The van der Waals surface area contributed by atoms with Gasteiger partial charge in [0.15, 0.2) is 0 Å². The topological polar surface area (TPSA) is 20.2 Å². The second-order valence-corrected chi connectivity index (χ2v) is 4.30. The van der Waals surface area contributed by atoms with E-state index in [4.69, 9.17) is 16.7 Å². The largest absolute Gasteiger partial charge is 0.392 e. The van der Waals surface area contributed by atoms with E-state index >= 15 is 0 Å². The molecule has 0 fully saturated rings. The molecule has 0 aliphatic carbocycles. The summed E-state index contributed by atoms with van der Waals surface area (Å²) in [5.74, 6) is 0. The van der Waals surface area contributed by atoms with E-state index in [0.717, 1.165) is 11.1 Å². The second kappa shape index (κ2) is 4.13. The maximum Gasteiger partial charge on any atom is 0.0696 e. The van der Waals surface area contributed by atoms with Crippen LogP contribution in [-0.4, -0.2) is 5.11 Å². The lowest BCUT2D eigenvalue weighted by atomic mass is 10.1. The fraction of sp³-hybridized carbons (Fsp3) is 0.0909. The average Bonchev–Trinajstić information content (AvgIpc) is 2.70. The van der Waals surface area contributed by atoms with Crippen LogP contribution in [0.5, 0.6) is 0 Å². The minimum atomic E-state index is -0.0104. The van der Waals surface area contributed by atoms with Crippen molar-refractivity contribution < 1.29 is 5.11 Å². The van der Waals surface area contributed by atoms with Gasteiger partial charge in [-0.25, -0.2) is 0 Å². The standard InChI is InChI=1S/C11H9ClOS/c12-10-6-8(3-4-9(10)7-13)11-2-1-5-14-11/h1-6,13H,7H2. The Morgan fingerprint density at radius 3 is 2.71 bits per heavy atom. The van der Waals surface area contributed by atoms with Crippen molar-refractivity contribution in [1.29, 1.82) is 0 Å². The maximum absolute atomic E-state index is 8.96. The van der Waals surface area contributed by atoms with Gasteiger partial charge in [0.1, 0.15) is 0 Å². The molecule has 0 aliphatic rings. The van der Waals surface area contributed by atoms with Gasteiger partial charge >= 0.3 is 0 Å². The summed E-state index contributed by atoms with van der Waals surface area (Å²) in [5.41, 5.74) is 1.87. The monoisotopic (exact) mass is 224 g/mol. The van der Waals surface area contributed by atoms with E-state index < -0.39 is 0 Å². The molecule has 2 aromatic rings. The van der Waals surface area contributed by atoms with E-state index in [-0.39, 0.29) is 6.61 Å². The summed E-state index contributed by atoms with van der Waals surface area (Å²) in [5, 5.41) is 11.6. The molecule has 1 aromatic heterocycles. The number of rotatable bonds is 2. The molecule has 0 bridgehead atoms. The van der Waals surface area contributed by atoms with Crippen molar-refractivity contribution >= 4 is 22.9 Å². The predicted molar refractivity (Wildman–Crippen MR) is 60.7 cm³/mol. The van der Waals surface area contributed by atoms with E-state index in [1.165, 1.54) is 4.88 Å². The highest BCUT2D eigenvalue weighted by Gasteiger charge is 2.03. The minimum Gasteiger partial charge on any atom is -0.392 e. The van der Waals surface area contributed by atoms with E-state index in [9.17, 15) is 0 Å². The highest BCUT2D eigenvalue weighted by Crippen LogP contribution is 2.28. The van der Waals surface area contributed by atoms with Crippen LogP contribution in [0.15, 0.2) is 35.7 Å². The van der Waals surface area contributed by atoms with Crippen LogP contribution in [0.4, 0.5) is 0 Å². The van der Waals surface area contributed by atoms with Crippen LogP contribution >= 0.6 is 22.9 Å². The van der Waals surface area contributed by atoms with E-state index in [1.54, 1.807) is 11.3 Å². The first-order valence-corrected chi connectivity index (χ1v) is 5.50. The zero-order valence-corrected chi connectivity index (χ0v) is 8.98. The molecule has 0 spiro atoms. The highest BCUT2D eigenvalue weighted by molar-refractivity contribution is 7.13. The molecule has 1 heterocycles. The Morgan fingerprint density at radius 2 is 2.14 bits per heavy atom. The number of benzene rings is 1. The Hall–Kier alpha value is -0.830. The van der Waals surface area contributed by atoms with Crippen LogP contribution in [0.1, 0.15) is 5.56 Å². The summed E-state index contributed by atoms with van der Waals surface area (Å²) in [6.45, 7) is -0.0104. The Labute approximate surface area is 91.6 Å². The molecule has 0 unspecified atom stereocenters. The van der Waals surface area contributed by atoms with Gasteiger partial charge in [0.25, 0.3) is 0 Å². The van der Waals surface area contributed by atoms with Gasteiger partial charge in [0, 0.05) is 9.90 Å². The van der Waals surface area contributed by atoms with Gasteiger partial charge in [-0.2, -0.15) is 0 Å². The first-order valence-electron chi connectivity index (χ1n) is 4.24. The molecule has 0 aliphatic heterocycles. The summed E-state index contributed by atoms with van der Waals surface area (Å²) >= 11 is 7.67. The van der Waals surface area contributed by atoms with Crippen molar-refractivity contribution in [2.45, 2.75) is 6.61 Å². The third kappa shape index (κ3) is 1.82. The summed E-state index contributed by atoms with van der Waals surface area (Å²) < 4.78 is 0. The maximum atomic E-state index is 8.96. The number of halogens is 1. The van der Waals surface area contributed by atoms with Crippen molar-refractivity contribution in [3.8, 4) is 10.4 Å². The first-order chi connectivity index (χ1) is 6.81. The zero-order chi connectivity index (χ0) is 9.97. The molecule has 72 valence electrons. The molecule has 0 saturated heterocycles. The fourth-order valence-electron chi connectivity index (χ4n) is 1.27. The molecule has 0 saturated carbocycles. The summed E-state index contributed by atoms with van der Waals surface area (Å²) in [6.07, 6.45) is 0. The quantitative estimate of drug-likeness (QED) is 0.827. The van der Waals surface area contributed by atoms with Gasteiger partial charge in [-0.15, -0.1) is 11.3 Å². The van der Waals surface area contributed by atoms with Crippen molar-refractivity contribution in [2.75, 3.05) is 0 Å². The molecule has 0 radical (unpaired) electrons. The summed E-state index contributed by atoms with van der Waals surface area (Å²) in [6, 6.07) is 9.78. The van der Waals surface area contributed by atoms with Gasteiger partial charge in [-0.3, -0.25) is 0 Å². The molecular weight excluding hydrogens is 216 g/mol. The first kappa shape index (κ1) is 9.71. The molecule has 14 heavy (non-hydrogen) atoms.